The Morgan fingerprint density at radius 2 is 2.27 bits per heavy atom. The Kier molecular flexibility index (Phi) is 2.77. The lowest BCUT2D eigenvalue weighted by atomic mass is 10.2. The number of aliphatic imine (C=N–C) groups is 1. The van der Waals surface area contributed by atoms with Crippen molar-refractivity contribution in [2.45, 2.75) is 19.1 Å². The molecule has 1 atom stereocenters. The summed E-state index contributed by atoms with van der Waals surface area (Å²) in [5.41, 5.74) is 2.05. The summed E-state index contributed by atoms with van der Waals surface area (Å²) < 4.78 is 0. The van der Waals surface area contributed by atoms with Crippen LogP contribution >= 0.6 is 11.8 Å². The molecule has 0 saturated carbocycles. The van der Waals surface area contributed by atoms with Gasteiger partial charge in [0.1, 0.15) is 0 Å². The Bertz CT molecular complexity index is 428. The lowest BCUT2D eigenvalue weighted by Gasteiger charge is -1.97. The lowest BCUT2D eigenvalue weighted by molar-refractivity contribution is -0.118. The van der Waals surface area contributed by atoms with E-state index < -0.39 is 0 Å². The molecule has 4 heteroatoms. The molecule has 78 valence electrons. The van der Waals surface area contributed by atoms with E-state index in [9.17, 15) is 4.79 Å². The van der Waals surface area contributed by atoms with Crippen molar-refractivity contribution in [2.24, 2.45) is 4.99 Å². The van der Waals surface area contributed by atoms with Crippen molar-refractivity contribution in [3.05, 3.63) is 29.8 Å². The summed E-state index contributed by atoms with van der Waals surface area (Å²) in [7, 11) is 0. The Balaban J connectivity index is 2.21. The molecule has 15 heavy (non-hydrogen) atoms. The molecule has 1 unspecified atom stereocenters. The molecule has 1 heterocycles. The average Bonchev–Trinajstić information content (AvgIpc) is 2.45. The number of amidine groups is 1. The van der Waals surface area contributed by atoms with Gasteiger partial charge in [0.25, 0.3) is 0 Å². The molecule has 1 aliphatic rings. The van der Waals surface area contributed by atoms with Crippen LogP contribution in [0, 0.1) is 6.92 Å². The van der Waals surface area contributed by atoms with Gasteiger partial charge in [-0.3, -0.25) is 4.79 Å². The molecular weight excluding hydrogens is 208 g/mol. The van der Waals surface area contributed by atoms with Gasteiger partial charge in [0, 0.05) is 0 Å². The second-order valence-electron chi connectivity index (χ2n) is 3.51. The van der Waals surface area contributed by atoms with E-state index in [0.29, 0.717) is 5.17 Å². The van der Waals surface area contributed by atoms with Crippen LogP contribution in [0.2, 0.25) is 0 Å². The van der Waals surface area contributed by atoms with E-state index in [1.54, 1.807) is 0 Å². The lowest BCUT2D eigenvalue weighted by Crippen LogP contribution is -2.23. The van der Waals surface area contributed by atoms with Crippen LogP contribution in [0.4, 0.5) is 5.69 Å². The SMILES string of the molecule is Cc1cccc(N=C2NC(=O)C(C)S2)c1. The van der Waals surface area contributed by atoms with Crippen LogP contribution in [0.5, 0.6) is 0 Å². The van der Waals surface area contributed by atoms with Gasteiger partial charge in [-0.05, 0) is 31.5 Å². The number of hydrogen-bond acceptors (Lipinski definition) is 3. The monoisotopic (exact) mass is 220 g/mol. The molecule has 0 aromatic heterocycles. The van der Waals surface area contributed by atoms with Crippen LogP contribution in [-0.2, 0) is 4.79 Å². The van der Waals surface area contributed by atoms with Crippen LogP contribution in [0.15, 0.2) is 29.3 Å². The van der Waals surface area contributed by atoms with Gasteiger partial charge in [-0.25, -0.2) is 4.99 Å². The van der Waals surface area contributed by atoms with Crippen LogP contribution in [0.3, 0.4) is 0 Å². The van der Waals surface area contributed by atoms with Crippen molar-refractivity contribution in [1.29, 1.82) is 0 Å². The van der Waals surface area contributed by atoms with Gasteiger partial charge in [0.05, 0.1) is 10.9 Å². The highest BCUT2D eigenvalue weighted by Crippen LogP contribution is 2.22. The highest BCUT2D eigenvalue weighted by atomic mass is 32.2. The quantitative estimate of drug-likeness (QED) is 0.788. The third kappa shape index (κ3) is 2.39. The fourth-order valence-corrected chi connectivity index (χ4v) is 2.15. The third-order valence-electron chi connectivity index (χ3n) is 2.12. The number of carbonyl (C=O) groups is 1. The second kappa shape index (κ2) is 4.06. The highest BCUT2D eigenvalue weighted by Gasteiger charge is 2.25. The van der Waals surface area contributed by atoms with E-state index >= 15 is 0 Å². The first kappa shape index (κ1) is 10.2. The van der Waals surface area contributed by atoms with Crippen molar-refractivity contribution < 1.29 is 4.79 Å². The average molecular weight is 220 g/mol. The number of thioether (sulfide) groups is 1. The van der Waals surface area contributed by atoms with E-state index in [0.717, 1.165) is 5.69 Å². The first-order valence-electron chi connectivity index (χ1n) is 4.78. The van der Waals surface area contributed by atoms with Gasteiger partial charge in [-0.2, -0.15) is 0 Å². The molecule has 1 aliphatic heterocycles. The highest BCUT2D eigenvalue weighted by molar-refractivity contribution is 8.15. The number of hydrogen-bond donors (Lipinski definition) is 1. The Hall–Kier alpha value is -1.29. The molecule has 1 saturated heterocycles. The zero-order chi connectivity index (χ0) is 10.8. The number of benzene rings is 1. The van der Waals surface area contributed by atoms with Crippen molar-refractivity contribution in [3.8, 4) is 0 Å². The Morgan fingerprint density at radius 3 is 2.87 bits per heavy atom. The summed E-state index contributed by atoms with van der Waals surface area (Å²) in [6, 6.07) is 7.89. The molecule has 1 amide bonds. The molecule has 1 aromatic carbocycles. The molecule has 0 spiro atoms. The zero-order valence-corrected chi connectivity index (χ0v) is 9.47. The van der Waals surface area contributed by atoms with Crippen molar-refractivity contribution >= 4 is 28.5 Å². The van der Waals surface area contributed by atoms with Gasteiger partial charge >= 0.3 is 0 Å². The summed E-state index contributed by atoms with van der Waals surface area (Å²) in [4.78, 5) is 15.6. The smallest absolute Gasteiger partial charge is 0.239 e. The van der Waals surface area contributed by atoms with E-state index in [2.05, 4.69) is 10.3 Å². The number of amides is 1. The van der Waals surface area contributed by atoms with Gasteiger partial charge in [0.15, 0.2) is 5.17 Å². The summed E-state index contributed by atoms with van der Waals surface area (Å²) in [6.45, 7) is 3.89. The summed E-state index contributed by atoms with van der Waals surface area (Å²) in [5, 5.41) is 3.40. The van der Waals surface area contributed by atoms with E-state index in [1.165, 1.54) is 17.3 Å². The van der Waals surface area contributed by atoms with Gasteiger partial charge in [0.2, 0.25) is 5.91 Å². The standard InChI is InChI=1S/C11H12N2OS/c1-7-4-3-5-9(6-7)12-11-13-10(14)8(2)15-11/h3-6,8H,1-2H3,(H,12,13,14). The maximum atomic E-state index is 11.2. The maximum absolute atomic E-state index is 11.2. The minimum atomic E-state index is -0.0337. The number of aryl methyl sites for hydroxylation is 1. The predicted molar refractivity (Wildman–Crippen MR) is 63.5 cm³/mol. The third-order valence-corrected chi connectivity index (χ3v) is 3.10. The van der Waals surface area contributed by atoms with Crippen molar-refractivity contribution in [1.82, 2.24) is 5.32 Å². The van der Waals surface area contributed by atoms with E-state index in [4.69, 9.17) is 0 Å². The normalized spacial score (nSPS) is 23.2. The minimum absolute atomic E-state index is 0.0337. The fraction of sp³-hybridized carbons (Fsp3) is 0.273. The number of nitrogens with one attached hydrogen (secondary N) is 1. The number of rotatable bonds is 1. The van der Waals surface area contributed by atoms with Crippen molar-refractivity contribution in [3.63, 3.8) is 0 Å². The largest absolute Gasteiger partial charge is 0.304 e. The second-order valence-corrected chi connectivity index (χ2v) is 4.83. The topological polar surface area (TPSA) is 41.5 Å². The maximum Gasteiger partial charge on any atom is 0.239 e. The van der Waals surface area contributed by atoms with E-state index in [-0.39, 0.29) is 11.2 Å². The van der Waals surface area contributed by atoms with Gasteiger partial charge in [-0.1, -0.05) is 23.9 Å². The van der Waals surface area contributed by atoms with Crippen LogP contribution in [-0.4, -0.2) is 16.3 Å². The molecule has 3 nitrogen and oxygen atoms in total. The molecule has 0 aliphatic carbocycles. The minimum Gasteiger partial charge on any atom is -0.304 e. The molecule has 1 aromatic rings. The van der Waals surface area contributed by atoms with Crippen LogP contribution < -0.4 is 5.32 Å². The summed E-state index contributed by atoms with van der Waals surface area (Å²) in [5.74, 6) is 0.0337. The van der Waals surface area contributed by atoms with Crippen LogP contribution in [0.25, 0.3) is 0 Å². The van der Waals surface area contributed by atoms with Crippen molar-refractivity contribution in [2.75, 3.05) is 0 Å². The predicted octanol–water partition coefficient (Wildman–Crippen LogP) is 2.23. The Labute approximate surface area is 93.0 Å². The molecule has 0 radical (unpaired) electrons. The number of carbonyl (C=O) groups excluding carboxylic acids is 1. The molecular formula is C11H12N2OS. The number of nitrogens with zero attached hydrogens (tertiary/aromatic N) is 1. The Morgan fingerprint density at radius 1 is 1.47 bits per heavy atom. The van der Waals surface area contributed by atoms with Gasteiger partial charge in [-0.15, -0.1) is 0 Å². The fourth-order valence-electron chi connectivity index (χ4n) is 1.33. The molecule has 2 rings (SSSR count). The first-order chi connectivity index (χ1) is 7.15. The molecule has 0 bridgehead atoms. The summed E-state index contributed by atoms with van der Waals surface area (Å²) in [6.07, 6.45) is 0. The van der Waals surface area contributed by atoms with E-state index in [1.807, 2.05) is 38.1 Å². The first-order valence-corrected chi connectivity index (χ1v) is 5.66. The molecule has 1 N–H and O–H groups in total. The summed E-state index contributed by atoms with van der Waals surface area (Å²) >= 11 is 1.46. The van der Waals surface area contributed by atoms with Gasteiger partial charge < -0.3 is 5.32 Å². The zero-order valence-electron chi connectivity index (χ0n) is 8.65. The molecule has 1 fully saturated rings. The van der Waals surface area contributed by atoms with Crippen LogP contribution in [0.1, 0.15) is 12.5 Å².